The molecule has 2 aliphatic carbocycles. The molecule has 0 bridgehead atoms. The highest BCUT2D eigenvalue weighted by Crippen LogP contribution is 2.47. The van der Waals surface area contributed by atoms with E-state index in [4.69, 9.17) is 4.74 Å². The lowest BCUT2D eigenvalue weighted by atomic mass is 9.76. The topological polar surface area (TPSA) is 49.9 Å². The van der Waals surface area contributed by atoms with E-state index in [9.17, 15) is 8.42 Å². The third-order valence-corrected chi connectivity index (χ3v) is 8.72. The van der Waals surface area contributed by atoms with E-state index in [1.54, 1.807) is 7.11 Å². The van der Waals surface area contributed by atoms with Gasteiger partial charge in [-0.3, -0.25) is 0 Å². The summed E-state index contributed by atoms with van der Waals surface area (Å²) < 4.78 is 32.7. The number of sulfonamides is 1. The fourth-order valence-corrected chi connectivity index (χ4v) is 6.67. The van der Waals surface area contributed by atoms with E-state index in [0.29, 0.717) is 6.61 Å². The van der Waals surface area contributed by atoms with Crippen molar-refractivity contribution in [2.75, 3.05) is 39.9 Å². The molecule has 4 aliphatic rings. The highest BCUT2D eigenvalue weighted by atomic mass is 32.2. The third kappa shape index (κ3) is 3.32. The second-order valence-corrected chi connectivity index (χ2v) is 10.5. The molecule has 1 atom stereocenters. The van der Waals surface area contributed by atoms with Gasteiger partial charge in [-0.05, 0) is 69.4 Å². The van der Waals surface area contributed by atoms with Gasteiger partial charge >= 0.3 is 0 Å². The Bertz CT molecular complexity index is 534. The van der Waals surface area contributed by atoms with Gasteiger partial charge in [-0.25, -0.2) is 8.42 Å². The van der Waals surface area contributed by atoms with Crippen molar-refractivity contribution >= 4 is 10.0 Å². The summed E-state index contributed by atoms with van der Waals surface area (Å²) >= 11 is 0. The summed E-state index contributed by atoms with van der Waals surface area (Å²) in [6.07, 6.45) is 7.80. The predicted molar refractivity (Wildman–Crippen MR) is 89.8 cm³/mol. The van der Waals surface area contributed by atoms with E-state index >= 15 is 0 Å². The maximum atomic E-state index is 12.8. The van der Waals surface area contributed by atoms with Crippen molar-refractivity contribution in [2.45, 2.75) is 56.2 Å². The fourth-order valence-electron chi connectivity index (χ4n) is 4.55. The predicted octanol–water partition coefficient (Wildman–Crippen LogP) is 1.69. The Labute approximate surface area is 140 Å². The standard InChI is InChI=1S/C17H30N2O3S/c1-22-12-15-10-17(13-19(15)23(20,21)16-4-5-16)6-8-18(9-7-17)11-14-2-3-14/h14-16H,2-13H2,1H3. The summed E-state index contributed by atoms with van der Waals surface area (Å²) in [6.45, 7) is 4.83. The molecular weight excluding hydrogens is 312 g/mol. The minimum atomic E-state index is -3.10. The molecule has 132 valence electrons. The molecule has 1 spiro atoms. The third-order valence-electron chi connectivity index (χ3n) is 6.33. The molecule has 0 aromatic heterocycles. The quantitative estimate of drug-likeness (QED) is 0.737. The van der Waals surface area contributed by atoms with Crippen LogP contribution in [0.1, 0.15) is 44.9 Å². The van der Waals surface area contributed by atoms with Crippen molar-refractivity contribution in [3.63, 3.8) is 0 Å². The zero-order valence-electron chi connectivity index (χ0n) is 14.2. The van der Waals surface area contributed by atoms with E-state index in [0.717, 1.165) is 57.7 Å². The highest BCUT2D eigenvalue weighted by molar-refractivity contribution is 7.90. The average molecular weight is 343 g/mol. The summed E-state index contributed by atoms with van der Waals surface area (Å²) in [5.41, 5.74) is 0.200. The number of likely N-dealkylation sites (tertiary alicyclic amines) is 1. The molecule has 0 amide bonds. The Morgan fingerprint density at radius 1 is 1.13 bits per heavy atom. The molecule has 4 rings (SSSR count). The van der Waals surface area contributed by atoms with Gasteiger partial charge in [-0.2, -0.15) is 4.31 Å². The van der Waals surface area contributed by atoms with Crippen molar-refractivity contribution in [3.8, 4) is 0 Å². The van der Waals surface area contributed by atoms with Gasteiger partial charge in [0.1, 0.15) is 0 Å². The van der Waals surface area contributed by atoms with Crippen LogP contribution in [-0.2, 0) is 14.8 Å². The minimum Gasteiger partial charge on any atom is -0.383 e. The van der Waals surface area contributed by atoms with Crippen molar-refractivity contribution in [1.82, 2.24) is 9.21 Å². The van der Waals surface area contributed by atoms with Crippen LogP contribution in [0.25, 0.3) is 0 Å². The van der Waals surface area contributed by atoms with Crippen LogP contribution in [-0.4, -0.2) is 68.8 Å². The van der Waals surface area contributed by atoms with E-state index in [-0.39, 0.29) is 16.7 Å². The van der Waals surface area contributed by atoms with Crippen molar-refractivity contribution in [1.29, 1.82) is 0 Å². The first kappa shape index (κ1) is 16.3. The van der Waals surface area contributed by atoms with E-state index in [2.05, 4.69) is 4.90 Å². The molecule has 2 heterocycles. The lowest BCUT2D eigenvalue weighted by molar-refractivity contribution is 0.107. The molecular formula is C17H30N2O3S. The van der Waals surface area contributed by atoms with Gasteiger partial charge in [0, 0.05) is 26.2 Å². The largest absolute Gasteiger partial charge is 0.383 e. The molecule has 2 saturated heterocycles. The van der Waals surface area contributed by atoms with Gasteiger partial charge in [0.25, 0.3) is 0 Å². The molecule has 2 aliphatic heterocycles. The first-order chi connectivity index (χ1) is 11.0. The Kier molecular flexibility index (Phi) is 4.23. The van der Waals surface area contributed by atoms with Crippen LogP contribution in [0, 0.1) is 11.3 Å². The Morgan fingerprint density at radius 2 is 1.83 bits per heavy atom. The van der Waals surface area contributed by atoms with Gasteiger partial charge < -0.3 is 9.64 Å². The molecule has 5 nitrogen and oxygen atoms in total. The molecule has 0 aromatic carbocycles. The van der Waals surface area contributed by atoms with Crippen LogP contribution < -0.4 is 0 Å². The first-order valence-electron chi connectivity index (χ1n) is 9.24. The second-order valence-electron chi connectivity index (χ2n) is 8.35. The molecule has 0 N–H and O–H groups in total. The minimum absolute atomic E-state index is 0.0561. The van der Waals surface area contributed by atoms with Crippen LogP contribution >= 0.6 is 0 Å². The van der Waals surface area contributed by atoms with Crippen molar-refractivity contribution in [2.24, 2.45) is 11.3 Å². The number of methoxy groups -OCH3 is 1. The molecule has 4 fully saturated rings. The number of nitrogens with zero attached hydrogens (tertiary/aromatic N) is 2. The highest BCUT2D eigenvalue weighted by Gasteiger charge is 2.52. The molecule has 0 aromatic rings. The average Bonchev–Trinajstić information content (AvgIpc) is 3.41. The van der Waals surface area contributed by atoms with Crippen molar-refractivity contribution < 1.29 is 13.2 Å². The lowest BCUT2D eigenvalue weighted by Crippen LogP contribution is -2.43. The number of ether oxygens (including phenoxy) is 1. The maximum absolute atomic E-state index is 12.8. The normalized spacial score (nSPS) is 32.7. The fraction of sp³-hybridized carbons (Fsp3) is 1.00. The van der Waals surface area contributed by atoms with Gasteiger partial charge in [0.2, 0.25) is 10.0 Å². The first-order valence-corrected chi connectivity index (χ1v) is 10.7. The molecule has 1 unspecified atom stereocenters. The lowest BCUT2D eigenvalue weighted by Gasteiger charge is -2.39. The summed E-state index contributed by atoms with van der Waals surface area (Å²) in [5, 5.41) is -0.105. The van der Waals surface area contributed by atoms with Crippen LogP contribution in [0.15, 0.2) is 0 Å². The van der Waals surface area contributed by atoms with E-state index < -0.39 is 10.0 Å². The summed E-state index contributed by atoms with van der Waals surface area (Å²) in [6, 6.07) is 0.0561. The van der Waals surface area contributed by atoms with Crippen LogP contribution in [0.3, 0.4) is 0 Å². The number of piperidine rings is 1. The number of hydrogen-bond donors (Lipinski definition) is 0. The maximum Gasteiger partial charge on any atom is 0.217 e. The van der Waals surface area contributed by atoms with Crippen LogP contribution in [0.4, 0.5) is 0 Å². The summed E-state index contributed by atoms with van der Waals surface area (Å²) in [4.78, 5) is 2.60. The van der Waals surface area contributed by atoms with Gasteiger partial charge in [-0.1, -0.05) is 0 Å². The summed E-state index contributed by atoms with van der Waals surface area (Å²) in [7, 11) is -1.41. The number of rotatable bonds is 6. The Hall–Kier alpha value is -0.170. The summed E-state index contributed by atoms with van der Waals surface area (Å²) in [5.74, 6) is 0.945. The number of hydrogen-bond acceptors (Lipinski definition) is 4. The monoisotopic (exact) mass is 342 g/mol. The smallest absolute Gasteiger partial charge is 0.217 e. The van der Waals surface area contributed by atoms with Gasteiger partial charge in [0.05, 0.1) is 11.9 Å². The van der Waals surface area contributed by atoms with Crippen LogP contribution in [0.5, 0.6) is 0 Å². The molecule has 6 heteroatoms. The zero-order valence-corrected chi connectivity index (χ0v) is 15.1. The van der Waals surface area contributed by atoms with Gasteiger partial charge in [0.15, 0.2) is 0 Å². The van der Waals surface area contributed by atoms with Crippen molar-refractivity contribution in [3.05, 3.63) is 0 Å². The molecule has 2 saturated carbocycles. The Balaban J connectivity index is 1.43. The van der Waals surface area contributed by atoms with E-state index in [1.807, 2.05) is 4.31 Å². The SMILES string of the molecule is COCC1CC2(CCN(CC3CC3)CC2)CN1S(=O)(=O)C1CC1. The Morgan fingerprint density at radius 3 is 2.39 bits per heavy atom. The van der Waals surface area contributed by atoms with E-state index in [1.165, 1.54) is 19.4 Å². The molecule has 0 radical (unpaired) electrons. The van der Waals surface area contributed by atoms with Crippen LogP contribution in [0.2, 0.25) is 0 Å². The molecule has 23 heavy (non-hydrogen) atoms. The van der Waals surface area contributed by atoms with Gasteiger partial charge in [-0.15, -0.1) is 0 Å². The zero-order chi connectivity index (χ0) is 16.1. The second kappa shape index (κ2) is 5.97.